The lowest BCUT2D eigenvalue weighted by atomic mass is 10.3. The summed E-state index contributed by atoms with van der Waals surface area (Å²) in [7, 11) is 0. The lowest BCUT2D eigenvalue weighted by Crippen LogP contribution is -2.46. The smallest absolute Gasteiger partial charge is 0.206 e. The summed E-state index contributed by atoms with van der Waals surface area (Å²) in [6, 6.07) is 0.710. The van der Waals surface area contributed by atoms with Crippen LogP contribution in [0.2, 0.25) is 0 Å². The Kier molecular flexibility index (Phi) is 3.40. The summed E-state index contributed by atoms with van der Waals surface area (Å²) in [5, 5.41) is 3.24. The first kappa shape index (κ1) is 10.9. The molecule has 1 fully saturated rings. The molecule has 0 aromatic carbocycles. The Labute approximate surface area is 94.9 Å². The van der Waals surface area contributed by atoms with E-state index in [1.165, 1.54) is 12.8 Å². The Morgan fingerprint density at radius 3 is 3.06 bits per heavy atom. The van der Waals surface area contributed by atoms with E-state index >= 15 is 0 Å². The van der Waals surface area contributed by atoms with Gasteiger partial charge in [0.2, 0.25) is 5.96 Å². The Morgan fingerprint density at radius 1 is 1.69 bits per heavy atom. The number of hydrazine groups is 1. The predicted molar refractivity (Wildman–Crippen MR) is 62.6 cm³/mol. The molecule has 1 aromatic rings. The van der Waals surface area contributed by atoms with Crippen molar-refractivity contribution in [3.05, 3.63) is 18.7 Å². The van der Waals surface area contributed by atoms with Gasteiger partial charge >= 0.3 is 0 Å². The third kappa shape index (κ3) is 3.23. The number of aliphatic imine (C=N–C) groups is 1. The van der Waals surface area contributed by atoms with Crippen LogP contribution in [-0.4, -0.2) is 27.6 Å². The number of nitrogens with two attached hydrogens (primary N) is 1. The van der Waals surface area contributed by atoms with E-state index in [-0.39, 0.29) is 6.04 Å². The van der Waals surface area contributed by atoms with Gasteiger partial charge in [-0.3, -0.25) is 5.43 Å². The summed E-state index contributed by atoms with van der Waals surface area (Å²) >= 11 is 0. The monoisotopic (exact) mass is 222 g/mol. The number of aromatic nitrogens is 2. The zero-order valence-electron chi connectivity index (χ0n) is 9.43. The minimum Gasteiger partial charge on any atom is -0.351 e. The van der Waals surface area contributed by atoms with Crippen LogP contribution >= 0.6 is 0 Å². The maximum atomic E-state index is 5.41. The molecule has 1 heterocycles. The molecular weight excluding hydrogens is 204 g/mol. The fraction of sp³-hybridized carbons (Fsp3) is 0.600. The van der Waals surface area contributed by atoms with Crippen LogP contribution in [0.5, 0.6) is 0 Å². The predicted octanol–water partition coefficient (Wildman–Crippen LogP) is -0.157. The van der Waals surface area contributed by atoms with Crippen LogP contribution in [0, 0.1) is 0 Å². The van der Waals surface area contributed by atoms with E-state index in [4.69, 9.17) is 5.84 Å². The summed E-state index contributed by atoms with van der Waals surface area (Å²) in [5.41, 5.74) is 2.60. The molecule has 16 heavy (non-hydrogen) atoms. The number of hydrogen-bond acceptors (Lipinski definition) is 3. The standard InChI is InChI=1S/C10H18N6/c1-8(6-16-5-4-12-7-16)13-10(15-11)14-9-2-3-9/h4-5,7-9H,2-3,6,11H2,1H3,(H2,13,14,15). The largest absolute Gasteiger partial charge is 0.351 e. The van der Waals surface area contributed by atoms with Crippen molar-refractivity contribution in [3.8, 4) is 0 Å². The third-order valence-electron chi connectivity index (χ3n) is 2.42. The van der Waals surface area contributed by atoms with Crippen molar-refractivity contribution in [1.29, 1.82) is 0 Å². The maximum absolute atomic E-state index is 5.41. The normalized spacial score (nSPS) is 18.2. The molecule has 0 amide bonds. The van der Waals surface area contributed by atoms with Gasteiger partial charge in [-0.2, -0.15) is 0 Å². The van der Waals surface area contributed by atoms with Crippen molar-refractivity contribution < 1.29 is 0 Å². The molecule has 1 unspecified atom stereocenters. The molecule has 2 rings (SSSR count). The second kappa shape index (κ2) is 4.98. The summed E-state index contributed by atoms with van der Waals surface area (Å²) < 4.78 is 2.02. The van der Waals surface area contributed by atoms with Crippen molar-refractivity contribution in [2.45, 2.75) is 38.4 Å². The topological polar surface area (TPSA) is 80.3 Å². The molecule has 1 aliphatic carbocycles. The van der Waals surface area contributed by atoms with Gasteiger partial charge in [0.05, 0.1) is 12.4 Å². The van der Waals surface area contributed by atoms with Gasteiger partial charge < -0.3 is 9.88 Å². The van der Waals surface area contributed by atoms with E-state index in [1.54, 1.807) is 12.5 Å². The zero-order chi connectivity index (χ0) is 11.4. The zero-order valence-corrected chi connectivity index (χ0v) is 9.43. The van der Waals surface area contributed by atoms with Gasteiger partial charge in [-0.25, -0.2) is 15.8 Å². The molecule has 88 valence electrons. The average Bonchev–Trinajstić information content (AvgIpc) is 2.93. The number of nitrogens with one attached hydrogen (secondary N) is 2. The first-order valence-corrected chi connectivity index (χ1v) is 5.54. The minimum absolute atomic E-state index is 0.253. The molecule has 1 aromatic heterocycles. The van der Waals surface area contributed by atoms with Crippen molar-refractivity contribution in [1.82, 2.24) is 20.3 Å². The molecule has 0 bridgehead atoms. The minimum atomic E-state index is 0.253. The molecule has 0 spiro atoms. The fourth-order valence-electron chi connectivity index (χ4n) is 1.49. The molecule has 6 heteroatoms. The van der Waals surface area contributed by atoms with Crippen LogP contribution in [0.3, 0.4) is 0 Å². The van der Waals surface area contributed by atoms with Gasteiger partial charge in [-0.05, 0) is 19.8 Å². The highest BCUT2D eigenvalue weighted by Gasteiger charge is 2.21. The number of imidazole rings is 1. The van der Waals surface area contributed by atoms with Gasteiger partial charge in [-0.1, -0.05) is 0 Å². The van der Waals surface area contributed by atoms with Crippen molar-refractivity contribution >= 4 is 5.96 Å². The molecule has 0 saturated heterocycles. The average molecular weight is 222 g/mol. The summed E-state index contributed by atoms with van der Waals surface area (Å²) in [6.07, 6.45) is 7.84. The van der Waals surface area contributed by atoms with E-state index in [0.717, 1.165) is 6.54 Å². The van der Waals surface area contributed by atoms with Gasteiger partial charge in [-0.15, -0.1) is 0 Å². The number of nitrogens with zero attached hydrogens (tertiary/aromatic N) is 3. The molecule has 4 N–H and O–H groups in total. The van der Waals surface area contributed by atoms with E-state index in [2.05, 4.69) is 27.6 Å². The van der Waals surface area contributed by atoms with Crippen LogP contribution < -0.4 is 16.6 Å². The first-order valence-electron chi connectivity index (χ1n) is 5.54. The van der Waals surface area contributed by atoms with Gasteiger partial charge in [0.25, 0.3) is 0 Å². The van der Waals surface area contributed by atoms with Crippen molar-refractivity contribution in [3.63, 3.8) is 0 Å². The van der Waals surface area contributed by atoms with E-state index < -0.39 is 0 Å². The molecule has 1 aliphatic rings. The number of hydrogen-bond donors (Lipinski definition) is 3. The second-order valence-electron chi connectivity index (χ2n) is 4.16. The van der Waals surface area contributed by atoms with Crippen LogP contribution in [-0.2, 0) is 6.54 Å². The van der Waals surface area contributed by atoms with Crippen molar-refractivity contribution in [2.24, 2.45) is 10.8 Å². The molecule has 1 atom stereocenters. The SMILES string of the molecule is CC(Cn1ccnc1)NC(=NC1CC1)NN. The summed E-state index contributed by atoms with van der Waals surface area (Å²) in [4.78, 5) is 8.42. The van der Waals surface area contributed by atoms with Crippen LogP contribution in [0.4, 0.5) is 0 Å². The first-order chi connectivity index (χ1) is 7.78. The molecule has 6 nitrogen and oxygen atoms in total. The second-order valence-corrected chi connectivity index (χ2v) is 4.16. The Morgan fingerprint density at radius 2 is 2.50 bits per heavy atom. The lowest BCUT2D eigenvalue weighted by molar-refractivity contribution is 0.538. The van der Waals surface area contributed by atoms with Gasteiger partial charge in [0.15, 0.2) is 0 Å². The molecular formula is C10H18N6. The van der Waals surface area contributed by atoms with Crippen LogP contribution in [0.15, 0.2) is 23.7 Å². The highest BCUT2D eigenvalue weighted by molar-refractivity contribution is 5.79. The highest BCUT2D eigenvalue weighted by Crippen LogP contribution is 2.23. The van der Waals surface area contributed by atoms with Crippen LogP contribution in [0.25, 0.3) is 0 Å². The molecule has 1 saturated carbocycles. The third-order valence-corrected chi connectivity index (χ3v) is 2.42. The Balaban J connectivity index is 1.82. The number of rotatable bonds is 4. The Hall–Kier alpha value is -1.56. The highest BCUT2D eigenvalue weighted by atomic mass is 15.3. The molecule has 0 aliphatic heterocycles. The lowest BCUT2D eigenvalue weighted by Gasteiger charge is -2.16. The van der Waals surface area contributed by atoms with Gasteiger partial charge in [0.1, 0.15) is 0 Å². The molecule has 0 radical (unpaired) electrons. The fourth-order valence-corrected chi connectivity index (χ4v) is 1.49. The number of guanidine groups is 1. The van der Waals surface area contributed by atoms with E-state index in [0.29, 0.717) is 12.0 Å². The van der Waals surface area contributed by atoms with Crippen LogP contribution in [0.1, 0.15) is 19.8 Å². The summed E-state index contributed by atoms with van der Waals surface area (Å²) in [6.45, 7) is 2.92. The quantitative estimate of drug-likeness (QED) is 0.286. The van der Waals surface area contributed by atoms with Crippen molar-refractivity contribution in [2.75, 3.05) is 0 Å². The maximum Gasteiger partial charge on any atom is 0.206 e. The van der Waals surface area contributed by atoms with E-state index in [9.17, 15) is 0 Å². The van der Waals surface area contributed by atoms with E-state index in [1.807, 2.05) is 10.8 Å². The summed E-state index contributed by atoms with van der Waals surface area (Å²) in [5.74, 6) is 6.08. The van der Waals surface area contributed by atoms with Gasteiger partial charge in [0, 0.05) is 25.0 Å². The Bertz CT molecular complexity index is 340.